The lowest BCUT2D eigenvalue weighted by Gasteiger charge is -2.35. The molecule has 31 heavy (non-hydrogen) atoms. The lowest BCUT2D eigenvalue weighted by molar-refractivity contribution is -0.127. The Morgan fingerprint density at radius 1 is 0.806 bits per heavy atom. The highest BCUT2D eigenvalue weighted by Crippen LogP contribution is 2.29. The van der Waals surface area contributed by atoms with Crippen molar-refractivity contribution in [1.82, 2.24) is 15.1 Å². The minimum absolute atomic E-state index is 0.0263. The Hall–Kier alpha value is -2.82. The molecule has 1 N–H and O–H groups in total. The summed E-state index contributed by atoms with van der Waals surface area (Å²) in [6.45, 7) is 5.17. The molecule has 0 bridgehead atoms. The summed E-state index contributed by atoms with van der Waals surface area (Å²) in [5, 5.41) is 3.29. The second-order valence-electron chi connectivity index (χ2n) is 8.83. The fraction of sp³-hybridized carbons (Fsp3) is 0.462. The molecule has 2 aromatic carbocycles. The van der Waals surface area contributed by atoms with E-state index in [4.69, 9.17) is 0 Å². The molecule has 0 radical (unpaired) electrons. The van der Waals surface area contributed by atoms with Crippen LogP contribution in [0.1, 0.15) is 49.7 Å². The maximum Gasteiger partial charge on any atom is 0.319 e. The molecule has 2 aromatic rings. The lowest BCUT2D eigenvalue weighted by atomic mass is 9.85. The van der Waals surface area contributed by atoms with Crippen molar-refractivity contribution in [2.45, 2.75) is 44.6 Å². The Morgan fingerprint density at radius 3 is 1.81 bits per heavy atom. The van der Waals surface area contributed by atoms with Gasteiger partial charge in [-0.2, -0.15) is 0 Å². The molecule has 1 unspecified atom stereocenters. The summed E-state index contributed by atoms with van der Waals surface area (Å²) in [4.78, 5) is 29.6. The first-order chi connectivity index (χ1) is 15.1. The van der Waals surface area contributed by atoms with Crippen LogP contribution in [-0.4, -0.2) is 54.0 Å². The summed E-state index contributed by atoms with van der Waals surface area (Å²) in [6, 6.07) is 20.9. The first-order valence-corrected chi connectivity index (χ1v) is 11.6. The van der Waals surface area contributed by atoms with Gasteiger partial charge in [0.1, 0.15) is 0 Å². The molecule has 0 saturated carbocycles. The van der Waals surface area contributed by atoms with Crippen LogP contribution in [-0.2, 0) is 4.79 Å². The molecule has 0 aromatic heterocycles. The summed E-state index contributed by atoms with van der Waals surface area (Å²) in [7, 11) is 0. The van der Waals surface area contributed by atoms with E-state index in [9.17, 15) is 9.59 Å². The summed E-state index contributed by atoms with van der Waals surface area (Å²) in [6.07, 6.45) is 3.68. The number of urea groups is 1. The lowest BCUT2D eigenvalue weighted by Crippen LogP contribution is -2.49. The minimum atomic E-state index is -0.0303. The van der Waals surface area contributed by atoms with Gasteiger partial charge in [-0.3, -0.25) is 4.79 Å². The maximum absolute atomic E-state index is 13.1. The van der Waals surface area contributed by atoms with Crippen molar-refractivity contribution >= 4 is 11.9 Å². The first kappa shape index (κ1) is 21.4. The molecule has 0 aliphatic carbocycles. The average Bonchev–Trinajstić information content (AvgIpc) is 3.35. The molecule has 2 saturated heterocycles. The predicted molar refractivity (Wildman–Crippen MR) is 123 cm³/mol. The topological polar surface area (TPSA) is 52.7 Å². The first-order valence-electron chi connectivity index (χ1n) is 11.6. The Kier molecular flexibility index (Phi) is 6.90. The number of nitrogens with zero attached hydrogens (tertiary/aromatic N) is 2. The molecule has 2 aliphatic rings. The third kappa shape index (κ3) is 5.09. The Balaban J connectivity index is 1.37. The van der Waals surface area contributed by atoms with E-state index in [1.54, 1.807) is 0 Å². The Labute approximate surface area is 185 Å². The molecule has 4 rings (SSSR count). The number of nitrogens with one attached hydrogen (secondary N) is 1. The zero-order chi connectivity index (χ0) is 21.6. The van der Waals surface area contributed by atoms with Crippen LogP contribution in [0.4, 0.5) is 4.79 Å². The van der Waals surface area contributed by atoms with Gasteiger partial charge in [0.05, 0.1) is 0 Å². The molecule has 2 aliphatic heterocycles. The molecule has 2 heterocycles. The molecule has 164 valence electrons. The molecule has 5 heteroatoms. The highest BCUT2D eigenvalue weighted by molar-refractivity contribution is 5.80. The van der Waals surface area contributed by atoms with Gasteiger partial charge in [-0.05, 0) is 43.7 Å². The van der Waals surface area contributed by atoms with Gasteiger partial charge >= 0.3 is 6.03 Å². The summed E-state index contributed by atoms with van der Waals surface area (Å²) in [5.74, 6) is 0.179. The number of rotatable bonds is 5. The minimum Gasteiger partial charge on any atom is -0.352 e. The van der Waals surface area contributed by atoms with E-state index in [2.05, 4.69) is 36.5 Å². The monoisotopic (exact) mass is 419 g/mol. The van der Waals surface area contributed by atoms with Crippen molar-refractivity contribution in [3.63, 3.8) is 0 Å². The van der Waals surface area contributed by atoms with Crippen LogP contribution in [0, 0.1) is 5.92 Å². The zero-order valence-electron chi connectivity index (χ0n) is 18.4. The standard InChI is InChI=1S/C26H33N3O2/c1-20(24(21-10-4-2-5-11-21)22-12-6-3-7-13-22)27-25(30)23-14-18-29(19-15-23)26(31)28-16-8-9-17-28/h2-7,10-13,20,23-24H,8-9,14-19H2,1H3,(H,27,30). The molecule has 3 amide bonds. The second-order valence-corrected chi connectivity index (χ2v) is 8.83. The largest absolute Gasteiger partial charge is 0.352 e. The molecule has 0 spiro atoms. The van der Waals surface area contributed by atoms with Crippen LogP contribution in [0.25, 0.3) is 0 Å². The van der Waals surface area contributed by atoms with Gasteiger partial charge in [-0.25, -0.2) is 4.79 Å². The van der Waals surface area contributed by atoms with Crippen molar-refractivity contribution in [2.24, 2.45) is 5.92 Å². The number of hydrogen-bond donors (Lipinski definition) is 1. The Morgan fingerprint density at radius 2 is 1.29 bits per heavy atom. The highest BCUT2D eigenvalue weighted by atomic mass is 16.2. The fourth-order valence-corrected chi connectivity index (χ4v) is 4.96. The molecular weight excluding hydrogens is 386 g/mol. The van der Waals surface area contributed by atoms with Crippen molar-refractivity contribution in [1.29, 1.82) is 0 Å². The molecule has 5 nitrogen and oxygen atoms in total. The van der Waals surface area contributed by atoms with Crippen LogP contribution in [0.5, 0.6) is 0 Å². The maximum atomic E-state index is 13.1. The quantitative estimate of drug-likeness (QED) is 0.788. The molecular formula is C26H33N3O2. The predicted octanol–water partition coefficient (Wildman–Crippen LogP) is 4.25. The fourth-order valence-electron chi connectivity index (χ4n) is 4.96. The van der Waals surface area contributed by atoms with Gasteiger partial charge < -0.3 is 15.1 Å². The van der Waals surface area contributed by atoms with Crippen LogP contribution in [0.15, 0.2) is 60.7 Å². The normalized spacial score (nSPS) is 18.3. The van der Waals surface area contributed by atoms with E-state index in [1.165, 1.54) is 11.1 Å². The van der Waals surface area contributed by atoms with E-state index >= 15 is 0 Å². The van der Waals surface area contributed by atoms with Crippen molar-refractivity contribution in [3.05, 3.63) is 71.8 Å². The molecule has 1 atom stereocenters. The zero-order valence-corrected chi connectivity index (χ0v) is 18.4. The molecule has 2 fully saturated rings. The number of benzene rings is 2. The van der Waals surface area contributed by atoms with Crippen LogP contribution in [0.3, 0.4) is 0 Å². The number of amides is 3. The SMILES string of the molecule is CC(NC(=O)C1CCN(C(=O)N2CCCC2)CC1)C(c1ccccc1)c1ccccc1. The summed E-state index contributed by atoms with van der Waals surface area (Å²) >= 11 is 0. The van der Waals surface area contributed by atoms with Crippen LogP contribution < -0.4 is 5.32 Å². The number of carbonyl (C=O) groups excluding carboxylic acids is 2. The second kappa shape index (κ2) is 9.99. The van der Waals surface area contributed by atoms with Gasteiger partial charge in [0, 0.05) is 44.1 Å². The third-order valence-corrected chi connectivity index (χ3v) is 6.70. The average molecular weight is 420 g/mol. The van der Waals surface area contributed by atoms with Gasteiger partial charge in [-0.15, -0.1) is 0 Å². The summed E-state index contributed by atoms with van der Waals surface area (Å²) in [5.41, 5.74) is 2.40. The number of likely N-dealkylation sites (tertiary alicyclic amines) is 2. The highest BCUT2D eigenvalue weighted by Gasteiger charge is 2.32. The van der Waals surface area contributed by atoms with E-state index in [1.807, 2.05) is 46.2 Å². The van der Waals surface area contributed by atoms with Crippen LogP contribution in [0.2, 0.25) is 0 Å². The summed E-state index contributed by atoms with van der Waals surface area (Å²) < 4.78 is 0. The van der Waals surface area contributed by atoms with Gasteiger partial charge in [-0.1, -0.05) is 60.7 Å². The van der Waals surface area contributed by atoms with Gasteiger partial charge in [0.15, 0.2) is 0 Å². The van der Waals surface area contributed by atoms with Crippen molar-refractivity contribution in [2.75, 3.05) is 26.2 Å². The van der Waals surface area contributed by atoms with Crippen molar-refractivity contribution < 1.29 is 9.59 Å². The van der Waals surface area contributed by atoms with Crippen molar-refractivity contribution in [3.8, 4) is 0 Å². The van der Waals surface area contributed by atoms with E-state index < -0.39 is 0 Å². The number of hydrogen-bond acceptors (Lipinski definition) is 2. The van der Waals surface area contributed by atoms with E-state index in [0.717, 1.165) is 38.8 Å². The Bertz CT molecular complexity index is 817. The number of piperidine rings is 1. The third-order valence-electron chi connectivity index (χ3n) is 6.70. The van der Waals surface area contributed by atoms with E-state index in [0.29, 0.717) is 13.1 Å². The van der Waals surface area contributed by atoms with E-state index in [-0.39, 0.29) is 29.8 Å². The van der Waals surface area contributed by atoms with Gasteiger partial charge in [0.2, 0.25) is 5.91 Å². The van der Waals surface area contributed by atoms with Gasteiger partial charge in [0.25, 0.3) is 0 Å². The number of carbonyl (C=O) groups is 2. The smallest absolute Gasteiger partial charge is 0.319 e. The van der Waals surface area contributed by atoms with Crippen LogP contribution >= 0.6 is 0 Å².